The second-order valence-corrected chi connectivity index (χ2v) is 5.66. The number of carbonyl (C=O) groups excluding carboxylic acids is 1. The molecule has 1 fully saturated rings. The van der Waals surface area contributed by atoms with Crippen molar-refractivity contribution in [2.75, 3.05) is 6.61 Å². The molecule has 0 aromatic carbocycles. The normalized spacial score (nSPS) is 24.3. The molecule has 2 rings (SSSR count). The Hall–Kier alpha value is -1.29. The van der Waals surface area contributed by atoms with Gasteiger partial charge in [-0.3, -0.25) is 4.79 Å². The SMILES string of the molecule is CCOC(=O)C1CCCC(NC(C)Cc2ccco2)C1. The van der Waals surface area contributed by atoms with Crippen LogP contribution in [-0.4, -0.2) is 24.7 Å². The Labute approximate surface area is 120 Å². The molecule has 4 nitrogen and oxygen atoms in total. The predicted octanol–water partition coefficient (Wildman–Crippen LogP) is 2.92. The lowest BCUT2D eigenvalue weighted by Gasteiger charge is -2.30. The van der Waals surface area contributed by atoms with Crippen molar-refractivity contribution in [3.05, 3.63) is 24.2 Å². The van der Waals surface area contributed by atoms with Crippen molar-refractivity contribution < 1.29 is 13.9 Å². The van der Waals surface area contributed by atoms with E-state index in [0.29, 0.717) is 18.7 Å². The topological polar surface area (TPSA) is 51.5 Å². The molecule has 0 bridgehead atoms. The van der Waals surface area contributed by atoms with Crippen LogP contribution in [0.4, 0.5) is 0 Å². The highest BCUT2D eigenvalue weighted by molar-refractivity contribution is 5.72. The monoisotopic (exact) mass is 279 g/mol. The van der Waals surface area contributed by atoms with Gasteiger partial charge in [0, 0.05) is 18.5 Å². The molecule has 20 heavy (non-hydrogen) atoms. The van der Waals surface area contributed by atoms with Gasteiger partial charge in [-0.1, -0.05) is 6.42 Å². The molecule has 3 atom stereocenters. The van der Waals surface area contributed by atoms with Crippen LogP contribution in [0.15, 0.2) is 22.8 Å². The molecule has 0 spiro atoms. The molecule has 0 amide bonds. The first-order valence-electron chi connectivity index (χ1n) is 7.64. The molecular formula is C16H25NO3. The number of hydrogen-bond acceptors (Lipinski definition) is 4. The van der Waals surface area contributed by atoms with Crippen molar-refractivity contribution in [2.24, 2.45) is 5.92 Å². The Morgan fingerprint density at radius 1 is 1.55 bits per heavy atom. The second-order valence-electron chi connectivity index (χ2n) is 5.66. The Morgan fingerprint density at radius 2 is 2.40 bits per heavy atom. The molecule has 0 saturated heterocycles. The number of rotatable bonds is 6. The zero-order chi connectivity index (χ0) is 14.4. The van der Waals surface area contributed by atoms with E-state index >= 15 is 0 Å². The van der Waals surface area contributed by atoms with Gasteiger partial charge in [-0.2, -0.15) is 0 Å². The standard InChI is InChI=1S/C16H25NO3/c1-3-19-16(18)13-6-4-7-14(11-13)17-12(2)10-15-8-5-9-20-15/h5,8-9,12-14,17H,3-4,6-7,10-11H2,1-2H3. The van der Waals surface area contributed by atoms with Crippen LogP contribution in [0.1, 0.15) is 45.3 Å². The van der Waals surface area contributed by atoms with E-state index in [1.807, 2.05) is 19.1 Å². The van der Waals surface area contributed by atoms with Crippen LogP contribution >= 0.6 is 0 Å². The molecule has 1 heterocycles. The fourth-order valence-electron chi connectivity index (χ4n) is 3.01. The maximum atomic E-state index is 11.8. The molecule has 1 aromatic rings. The maximum absolute atomic E-state index is 11.8. The molecule has 0 aliphatic heterocycles. The molecule has 1 N–H and O–H groups in total. The van der Waals surface area contributed by atoms with Crippen molar-refractivity contribution in [2.45, 2.75) is 58.0 Å². The van der Waals surface area contributed by atoms with E-state index in [-0.39, 0.29) is 11.9 Å². The number of carbonyl (C=O) groups is 1. The Kier molecular flexibility index (Phi) is 5.65. The highest BCUT2D eigenvalue weighted by Crippen LogP contribution is 2.26. The molecule has 112 valence electrons. The van der Waals surface area contributed by atoms with Gasteiger partial charge in [0.1, 0.15) is 5.76 Å². The van der Waals surface area contributed by atoms with Crippen LogP contribution in [0.3, 0.4) is 0 Å². The van der Waals surface area contributed by atoms with E-state index in [0.717, 1.165) is 37.9 Å². The van der Waals surface area contributed by atoms with E-state index in [4.69, 9.17) is 9.15 Å². The largest absolute Gasteiger partial charge is 0.469 e. The summed E-state index contributed by atoms with van der Waals surface area (Å²) in [6.45, 7) is 4.50. The van der Waals surface area contributed by atoms with Crippen LogP contribution in [-0.2, 0) is 16.0 Å². The van der Waals surface area contributed by atoms with Crippen LogP contribution in [0, 0.1) is 5.92 Å². The van der Waals surface area contributed by atoms with Crippen LogP contribution in [0.5, 0.6) is 0 Å². The summed E-state index contributed by atoms with van der Waals surface area (Å²) < 4.78 is 10.5. The van der Waals surface area contributed by atoms with Gasteiger partial charge in [0.25, 0.3) is 0 Å². The van der Waals surface area contributed by atoms with E-state index < -0.39 is 0 Å². The van der Waals surface area contributed by atoms with Crippen molar-refractivity contribution in [1.29, 1.82) is 0 Å². The highest BCUT2D eigenvalue weighted by atomic mass is 16.5. The van der Waals surface area contributed by atoms with E-state index in [9.17, 15) is 4.79 Å². The minimum Gasteiger partial charge on any atom is -0.469 e. The lowest BCUT2D eigenvalue weighted by Crippen LogP contribution is -2.42. The zero-order valence-electron chi connectivity index (χ0n) is 12.4. The molecule has 4 heteroatoms. The molecule has 0 radical (unpaired) electrons. The first-order valence-corrected chi connectivity index (χ1v) is 7.64. The number of hydrogen-bond donors (Lipinski definition) is 1. The first-order chi connectivity index (χ1) is 9.69. The molecule has 1 saturated carbocycles. The van der Waals surface area contributed by atoms with Gasteiger partial charge < -0.3 is 14.5 Å². The van der Waals surface area contributed by atoms with Gasteiger partial charge in [0.2, 0.25) is 0 Å². The summed E-state index contributed by atoms with van der Waals surface area (Å²) in [5.41, 5.74) is 0. The summed E-state index contributed by atoms with van der Waals surface area (Å²) in [5.74, 6) is 1.04. The Balaban J connectivity index is 1.78. The molecule has 1 aliphatic carbocycles. The van der Waals surface area contributed by atoms with Gasteiger partial charge >= 0.3 is 5.97 Å². The van der Waals surface area contributed by atoms with Gasteiger partial charge in [0.05, 0.1) is 18.8 Å². The number of ether oxygens (including phenoxy) is 1. The Morgan fingerprint density at radius 3 is 3.10 bits per heavy atom. The molecular weight excluding hydrogens is 254 g/mol. The number of nitrogens with one attached hydrogen (secondary N) is 1. The minimum absolute atomic E-state index is 0.0299. The smallest absolute Gasteiger partial charge is 0.308 e. The number of esters is 1. The average molecular weight is 279 g/mol. The van der Waals surface area contributed by atoms with Crippen LogP contribution < -0.4 is 5.32 Å². The minimum atomic E-state index is -0.0299. The van der Waals surface area contributed by atoms with Gasteiger partial charge in [-0.15, -0.1) is 0 Å². The quantitative estimate of drug-likeness (QED) is 0.813. The van der Waals surface area contributed by atoms with Gasteiger partial charge in [-0.25, -0.2) is 0 Å². The fraction of sp³-hybridized carbons (Fsp3) is 0.688. The third-order valence-corrected chi connectivity index (χ3v) is 3.90. The number of furan rings is 1. The summed E-state index contributed by atoms with van der Waals surface area (Å²) in [5, 5.41) is 3.62. The van der Waals surface area contributed by atoms with Crippen LogP contribution in [0.2, 0.25) is 0 Å². The van der Waals surface area contributed by atoms with Crippen LogP contribution in [0.25, 0.3) is 0 Å². The predicted molar refractivity (Wildman–Crippen MR) is 77.4 cm³/mol. The fourth-order valence-corrected chi connectivity index (χ4v) is 3.01. The summed E-state index contributed by atoms with van der Waals surface area (Å²) in [6, 6.07) is 4.68. The van der Waals surface area contributed by atoms with Crippen molar-refractivity contribution in [1.82, 2.24) is 5.32 Å². The van der Waals surface area contributed by atoms with Gasteiger partial charge in [-0.05, 0) is 45.2 Å². The molecule has 3 unspecified atom stereocenters. The third-order valence-electron chi connectivity index (χ3n) is 3.90. The third kappa shape index (κ3) is 4.37. The van der Waals surface area contributed by atoms with Crippen molar-refractivity contribution in [3.63, 3.8) is 0 Å². The van der Waals surface area contributed by atoms with Gasteiger partial charge in [0.15, 0.2) is 0 Å². The zero-order valence-corrected chi connectivity index (χ0v) is 12.4. The van der Waals surface area contributed by atoms with E-state index in [1.54, 1.807) is 6.26 Å². The summed E-state index contributed by atoms with van der Waals surface area (Å²) >= 11 is 0. The summed E-state index contributed by atoms with van der Waals surface area (Å²) in [7, 11) is 0. The lowest BCUT2D eigenvalue weighted by atomic mass is 9.85. The second kappa shape index (κ2) is 7.48. The average Bonchev–Trinajstić information content (AvgIpc) is 2.92. The molecule has 1 aromatic heterocycles. The van der Waals surface area contributed by atoms with Crippen molar-refractivity contribution in [3.8, 4) is 0 Å². The highest BCUT2D eigenvalue weighted by Gasteiger charge is 2.28. The summed E-state index contributed by atoms with van der Waals surface area (Å²) in [6.07, 6.45) is 6.67. The van der Waals surface area contributed by atoms with E-state index in [1.165, 1.54) is 0 Å². The Bertz CT molecular complexity index is 402. The maximum Gasteiger partial charge on any atom is 0.308 e. The summed E-state index contributed by atoms with van der Waals surface area (Å²) in [4.78, 5) is 11.8. The lowest BCUT2D eigenvalue weighted by molar-refractivity contribution is -0.149. The first kappa shape index (κ1) is 15.1. The van der Waals surface area contributed by atoms with Crippen molar-refractivity contribution >= 4 is 5.97 Å². The molecule has 1 aliphatic rings. The van der Waals surface area contributed by atoms with E-state index in [2.05, 4.69) is 12.2 Å².